The Morgan fingerprint density at radius 1 is 1.04 bits per heavy atom. The molecule has 1 saturated heterocycles. The van der Waals surface area contributed by atoms with Gasteiger partial charge in [-0.3, -0.25) is 19.8 Å². The molecule has 11 heteroatoms. The lowest BCUT2D eigenvalue weighted by Crippen LogP contribution is -2.52. The van der Waals surface area contributed by atoms with Gasteiger partial charge in [0, 0.05) is 71.9 Å². The molecule has 1 aromatic heterocycles. The van der Waals surface area contributed by atoms with E-state index in [1.54, 1.807) is 6.20 Å². The van der Waals surface area contributed by atoms with Gasteiger partial charge in [0.25, 0.3) is 0 Å². The molecule has 9 nitrogen and oxygen atoms in total. The lowest BCUT2D eigenvalue weighted by molar-refractivity contribution is 0.0570. The van der Waals surface area contributed by atoms with Crippen LogP contribution in [0.15, 0.2) is 66.6 Å². The fraction of sp³-hybridized carbons (Fsp3) is 0.385. The summed E-state index contributed by atoms with van der Waals surface area (Å²) in [6.45, 7) is 16.0. The summed E-state index contributed by atoms with van der Waals surface area (Å²) in [4.78, 5) is 9.63. The first-order chi connectivity index (χ1) is 24.0. The highest BCUT2D eigenvalue weighted by Gasteiger charge is 2.33. The fourth-order valence-electron chi connectivity index (χ4n) is 7.38. The van der Waals surface area contributed by atoms with Crippen LogP contribution in [0.25, 0.3) is 10.9 Å². The lowest BCUT2D eigenvalue weighted by Gasteiger charge is -2.42. The number of fused-ring (bicyclic) bond motifs is 2. The number of nitrogens with one attached hydrogen (secondary N) is 4. The molecule has 3 aliphatic rings. The zero-order valence-corrected chi connectivity index (χ0v) is 30.9. The third-order valence-electron chi connectivity index (χ3n) is 10.4. The van der Waals surface area contributed by atoms with E-state index in [0.29, 0.717) is 32.9 Å². The molecule has 0 saturated carbocycles. The number of piperidine rings is 1. The van der Waals surface area contributed by atoms with Gasteiger partial charge >= 0.3 is 0 Å². The van der Waals surface area contributed by atoms with E-state index in [1.165, 1.54) is 16.7 Å². The van der Waals surface area contributed by atoms with Crippen LogP contribution >= 0.6 is 23.2 Å². The van der Waals surface area contributed by atoms with E-state index in [0.717, 1.165) is 73.6 Å². The molecular formula is C39H45Cl2N9. The summed E-state index contributed by atoms with van der Waals surface area (Å²) in [6, 6.07) is 18.8. The molecule has 4 aromatic rings. The zero-order valence-electron chi connectivity index (χ0n) is 29.4. The van der Waals surface area contributed by atoms with Crippen LogP contribution < -0.4 is 21.6 Å². The Kier molecular flexibility index (Phi) is 9.59. The second kappa shape index (κ2) is 13.9. The van der Waals surface area contributed by atoms with Gasteiger partial charge in [-0.25, -0.2) is 0 Å². The molecule has 50 heavy (non-hydrogen) atoms. The highest BCUT2D eigenvalue weighted by molar-refractivity contribution is 6.36. The molecular weight excluding hydrogens is 665 g/mol. The van der Waals surface area contributed by atoms with E-state index in [9.17, 15) is 5.26 Å². The van der Waals surface area contributed by atoms with Crippen molar-refractivity contribution in [1.82, 2.24) is 30.8 Å². The van der Waals surface area contributed by atoms with Crippen molar-refractivity contribution >= 4 is 51.2 Å². The van der Waals surface area contributed by atoms with E-state index >= 15 is 0 Å². The number of nitrogens with zero attached hydrogens (tertiary/aromatic N) is 5. The smallest absolute Gasteiger partial charge is 0.103 e. The number of pyridine rings is 1. The van der Waals surface area contributed by atoms with E-state index in [-0.39, 0.29) is 11.6 Å². The van der Waals surface area contributed by atoms with E-state index in [2.05, 4.69) is 99.6 Å². The summed E-state index contributed by atoms with van der Waals surface area (Å²) in [5.41, 5.74) is 16.4. The van der Waals surface area contributed by atoms with Gasteiger partial charge in [-0.2, -0.15) is 5.26 Å². The number of halogens is 2. The fourth-order valence-corrected chi connectivity index (χ4v) is 7.83. The van der Waals surface area contributed by atoms with E-state index in [1.807, 2.05) is 37.3 Å². The molecule has 0 amide bonds. The monoisotopic (exact) mass is 709 g/mol. The summed E-state index contributed by atoms with van der Waals surface area (Å²) in [5.74, 6) is 0. The quantitative estimate of drug-likeness (QED) is 0.144. The van der Waals surface area contributed by atoms with Gasteiger partial charge < -0.3 is 16.1 Å². The second-order valence-electron chi connectivity index (χ2n) is 14.6. The largest absolute Gasteiger partial charge is 0.373 e. The van der Waals surface area contributed by atoms with Crippen molar-refractivity contribution in [2.45, 2.75) is 78.2 Å². The van der Waals surface area contributed by atoms with Crippen molar-refractivity contribution in [2.24, 2.45) is 0 Å². The van der Waals surface area contributed by atoms with Crippen LogP contribution in [0.4, 0.5) is 17.1 Å². The standard InChI is InChI=1S/C39H45Cl2N9/c1-6-48-21-25-8-7-9-30(32(25)22-48)38(35-23-50(47-46-35)29-12-14-49(15-13-29)39(3,4)5)45-28-16-31-36(44-27-11-10-24(2)33(40)17-27)26(19-42)20-43-37(31)34(41)18-28/h7-11,16-18,20,23,29,38,45-47H,6,12-15,21-22H2,1-5H3,(H,43,44)/t38-/m0/s1. The summed E-state index contributed by atoms with van der Waals surface area (Å²) in [7, 11) is 0. The van der Waals surface area contributed by atoms with Crippen LogP contribution in [-0.4, -0.2) is 51.0 Å². The Labute approximate surface area is 305 Å². The topological polar surface area (TPSA) is 94.5 Å². The summed E-state index contributed by atoms with van der Waals surface area (Å²) >= 11 is 13.4. The van der Waals surface area contributed by atoms with Crippen LogP contribution in [-0.2, 0) is 13.1 Å². The predicted molar refractivity (Wildman–Crippen MR) is 204 cm³/mol. The number of aromatic nitrogens is 1. The first kappa shape index (κ1) is 34.4. The molecule has 3 aromatic carbocycles. The van der Waals surface area contributed by atoms with Gasteiger partial charge in [-0.1, -0.05) is 54.4 Å². The number of hydrazine groups is 2. The normalized spacial score (nSPS) is 17.7. The number of hydrogen-bond acceptors (Lipinski definition) is 9. The first-order valence-corrected chi connectivity index (χ1v) is 18.2. The van der Waals surface area contributed by atoms with Crippen LogP contribution in [0.5, 0.6) is 0 Å². The Hall–Kier alpha value is -4.04. The Morgan fingerprint density at radius 2 is 1.82 bits per heavy atom. The maximum Gasteiger partial charge on any atom is 0.103 e. The van der Waals surface area contributed by atoms with Crippen LogP contribution in [0.1, 0.15) is 74.4 Å². The third-order valence-corrected chi connectivity index (χ3v) is 11.1. The Bertz CT molecular complexity index is 1990. The second-order valence-corrected chi connectivity index (χ2v) is 15.4. The lowest BCUT2D eigenvalue weighted by atomic mass is 9.95. The van der Waals surface area contributed by atoms with Gasteiger partial charge in [0.2, 0.25) is 0 Å². The van der Waals surface area contributed by atoms with Crippen LogP contribution in [0.3, 0.4) is 0 Å². The van der Waals surface area contributed by atoms with Gasteiger partial charge in [-0.05, 0) is 93.6 Å². The van der Waals surface area contributed by atoms with Gasteiger partial charge in [0.15, 0.2) is 0 Å². The number of anilines is 3. The summed E-state index contributed by atoms with van der Waals surface area (Å²) in [6.07, 6.45) is 5.95. The van der Waals surface area contributed by atoms with Crippen molar-refractivity contribution in [3.63, 3.8) is 0 Å². The van der Waals surface area contributed by atoms with Crippen LogP contribution in [0, 0.1) is 18.3 Å². The van der Waals surface area contributed by atoms with E-state index in [4.69, 9.17) is 23.2 Å². The molecule has 0 aliphatic carbocycles. The highest BCUT2D eigenvalue weighted by atomic mass is 35.5. The summed E-state index contributed by atoms with van der Waals surface area (Å²) in [5, 5.41) is 21.5. The number of aryl methyl sites for hydroxylation is 1. The molecule has 260 valence electrons. The average molecular weight is 711 g/mol. The number of likely N-dealkylation sites (tertiary alicyclic amines) is 1. The van der Waals surface area contributed by atoms with Crippen molar-refractivity contribution in [3.8, 4) is 6.07 Å². The molecule has 0 bridgehead atoms. The molecule has 4 heterocycles. The number of nitriles is 1. The molecule has 1 atom stereocenters. The first-order valence-electron chi connectivity index (χ1n) is 17.4. The minimum absolute atomic E-state index is 0.172. The zero-order chi connectivity index (χ0) is 35.2. The maximum atomic E-state index is 10.1. The Balaban J connectivity index is 1.26. The molecule has 0 spiro atoms. The maximum absolute atomic E-state index is 10.1. The average Bonchev–Trinajstić information content (AvgIpc) is 3.77. The molecule has 0 unspecified atom stereocenters. The molecule has 0 radical (unpaired) electrons. The number of rotatable bonds is 8. The van der Waals surface area contributed by atoms with Crippen molar-refractivity contribution < 1.29 is 0 Å². The van der Waals surface area contributed by atoms with Gasteiger partial charge in [0.05, 0.1) is 33.5 Å². The van der Waals surface area contributed by atoms with Crippen molar-refractivity contribution in [1.29, 1.82) is 5.26 Å². The van der Waals surface area contributed by atoms with Gasteiger partial charge in [-0.15, -0.1) is 5.53 Å². The van der Waals surface area contributed by atoms with Gasteiger partial charge in [0.1, 0.15) is 6.07 Å². The minimum atomic E-state index is -0.207. The predicted octanol–water partition coefficient (Wildman–Crippen LogP) is 8.38. The molecule has 4 N–H and O–H groups in total. The molecule has 3 aliphatic heterocycles. The Morgan fingerprint density at radius 3 is 2.54 bits per heavy atom. The van der Waals surface area contributed by atoms with Crippen molar-refractivity contribution in [3.05, 3.63) is 104 Å². The summed E-state index contributed by atoms with van der Waals surface area (Å²) < 4.78 is 0. The SMILES string of the molecule is CCN1Cc2cccc([C@H](Nc3cc(Cl)c4ncc(C#N)c(Nc5ccc(C)c(Cl)c5)c4c3)C3=CN(C4CCN(C(C)(C)C)CC4)NN3)c2C1. The minimum Gasteiger partial charge on any atom is -0.373 e. The number of hydrogen-bond donors (Lipinski definition) is 4. The molecule has 7 rings (SSSR count). The highest BCUT2D eigenvalue weighted by Crippen LogP contribution is 2.39. The molecule has 1 fully saturated rings. The number of benzene rings is 3. The third kappa shape index (κ3) is 6.83. The van der Waals surface area contributed by atoms with Crippen molar-refractivity contribution in [2.75, 3.05) is 30.3 Å². The van der Waals surface area contributed by atoms with E-state index < -0.39 is 0 Å². The van der Waals surface area contributed by atoms with Crippen LogP contribution in [0.2, 0.25) is 10.0 Å².